The fourth-order valence-electron chi connectivity index (χ4n) is 9.72. The van der Waals surface area contributed by atoms with Crippen LogP contribution in [0.3, 0.4) is 0 Å². The van der Waals surface area contributed by atoms with Gasteiger partial charge in [-0.3, -0.25) is 0 Å². The van der Waals surface area contributed by atoms with Gasteiger partial charge in [0.1, 0.15) is 94.9 Å². The van der Waals surface area contributed by atoms with Crippen molar-refractivity contribution in [2.45, 2.75) is 253 Å². The first-order chi connectivity index (χ1) is 43.2. The molecule has 6 heterocycles. The first kappa shape index (κ1) is 79.5. The molecule has 0 amide bonds. The molecule has 20 heteroatoms. The summed E-state index contributed by atoms with van der Waals surface area (Å²) in [7, 11) is -5.39. The molecule has 0 radical (unpaired) electrons. The van der Waals surface area contributed by atoms with Crippen molar-refractivity contribution in [3.05, 3.63) is 120 Å². The highest BCUT2D eigenvalue weighted by Gasteiger charge is 2.21. The van der Waals surface area contributed by atoms with Crippen LogP contribution in [0, 0.1) is 35.5 Å². The van der Waals surface area contributed by atoms with Crippen molar-refractivity contribution in [3.63, 3.8) is 0 Å². The second-order valence-corrected chi connectivity index (χ2v) is 28.2. The quantitative estimate of drug-likeness (QED) is 0.0161. The van der Waals surface area contributed by atoms with Crippen LogP contribution in [0.25, 0.3) is 0 Å². The first-order valence-corrected chi connectivity index (χ1v) is 37.4. The average Bonchev–Trinajstić information content (AvgIpc) is 3.89. The summed E-state index contributed by atoms with van der Waals surface area (Å²) in [4.78, 5) is 29.1. The van der Waals surface area contributed by atoms with E-state index in [1.807, 2.05) is 39.0 Å². The summed E-state index contributed by atoms with van der Waals surface area (Å²) < 4.78 is 42.3. The normalized spacial score (nSPS) is 12.0. The van der Waals surface area contributed by atoms with E-state index < -0.39 is 7.82 Å². The number of halogens is 3. The highest BCUT2D eigenvalue weighted by molar-refractivity contribution is 7.40. The van der Waals surface area contributed by atoms with E-state index in [4.69, 9.17) is 68.3 Å². The van der Waals surface area contributed by atoms with Gasteiger partial charge in [-0.25, -0.2) is 27.4 Å². The van der Waals surface area contributed by atoms with Crippen molar-refractivity contribution >= 4 is 76.6 Å². The Bertz CT molecular complexity index is 2670. The van der Waals surface area contributed by atoms with Gasteiger partial charge in [-0.05, 0) is 95.7 Å². The second kappa shape index (κ2) is 50.8. The van der Waals surface area contributed by atoms with Crippen molar-refractivity contribution in [2.75, 3.05) is 19.8 Å². The maximum Gasteiger partial charge on any atom is 0.243 e. The van der Waals surface area contributed by atoms with Crippen molar-refractivity contribution in [3.8, 4) is 35.5 Å². The molecule has 6 rings (SSSR count). The van der Waals surface area contributed by atoms with Crippen LogP contribution in [0.15, 0.2) is 92.6 Å². The molecule has 89 heavy (non-hydrogen) atoms. The Morgan fingerprint density at radius 1 is 0.427 bits per heavy atom. The minimum atomic E-state index is -5.39. The highest BCUT2D eigenvalue weighted by atomic mass is 35.5. The van der Waals surface area contributed by atoms with E-state index in [9.17, 15) is 0 Å². The number of hydrogen-bond acceptors (Lipinski definition) is 10. The van der Waals surface area contributed by atoms with Gasteiger partial charge >= 0.3 is 0 Å². The Labute approximate surface area is 562 Å². The standard InChI is InChI=1S/3C23H34ClN2OS.H3O4P/c3*1-3-5-7-8-9-10-11-12-15-25-16-17-26(20-25)19-21(27-18-6-4-2)22-13-14-23(24)28-22;1-5(2,3)4/h3*13-14,16-17,20-21H,3,5,7-12,15,18-19H2,1-2H3;(H3,1,2,3,4)/q3*+1;/p-3. The highest BCUT2D eigenvalue weighted by Crippen LogP contribution is 2.32. The van der Waals surface area contributed by atoms with Gasteiger partial charge in [0, 0.05) is 14.6 Å². The Morgan fingerprint density at radius 3 is 0.876 bits per heavy atom. The zero-order valence-corrected chi connectivity index (χ0v) is 59.7. The molecule has 0 aliphatic carbocycles. The predicted octanol–water partition coefficient (Wildman–Crippen LogP) is 16.4. The molecule has 0 N–H and O–H groups in total. The lowest BCUT2D eigenvalue weighted by Crippen LogP contribution is -2.35. The maximum atomic E-state index is 8.55. The Morgan fingerprint density at radius 2 is 0.663 bits per heavy atom. The molecule has 0 spiro atoms. The third kappa shape index (κ3) is 40.1. The monoisotopic (exact) mass is 1360 g/mol. The van der Waals surface area contributed by atoms with Crippen LogP contribution in [-0.4, -0.2) is 33.5 Å². The number of imidazole rings is 3. The van der Waals surface area contributed by atoms with Gasteiger partial charge in [0.2, 0.25) is 19.0 Å². The summed E-state index contributed by atoms with van der Waals surface area (Å²) in [6.45, 7) is 19.2. The molecule has 0 saturated carbocycles. The van der Waals surface area contributed by atoms with Crippen LogP contribution in [0.5, 0.6) is 0 Å². The van der Waals surface area contributed by atoms with Crippen LogP contribution in [0.2, 0.25) is 13.0 Å². The van der Waals surface area contributed by atoms with Gasteiger partial charge in [-0.15, -0.1) is 51.8 Å². The van der Waals surface area contributed by atoms with Crippen molar-refractivity contribution < 1.29 is 47.2 Å². The van der Waals surface area contributed by atoms with Gasteiger partial charge in [-0.1, -0.05) is 189 Å². The minimum absolute atomic E-state index is 0.0256. The number of unbranched alkanes of at least 4 members (excludes halogenated alkanes) is 21. The molecule has 0 aliphatic rings. The lowest BCUT2D eigenvalue weighted by molar-refractivity contribution is -0.704. The summed E-state index contributed by atoms with van der Waals surface area (Å²) in [6.07, 6.45) is 51.8. The number of thiophene rings is 3. The third-order valence-electron chi connectivity index (χ3n) is 14.5. The average molecular weight is 1360 g/mol. The lowest BCUT2D eigenvalue weighted by atomic mass is 10.1. The summed E-state index contributed by atoms with van der Waals surface area (Å²) >= 11 is 23.1. The van der Waals surface area contributed by atoms with E-state index in [1.54, 1.807) is 34.0 Å². The van der Waals surface area contributed by atoms with Crippen molar-refractivity contribution in [2.24, 2.45) is 0 Å². The van der Waals surface area contributed by atoms with Crippen LogP contribution in [0.4, 0.5) is 0 Å². The molecule has 0 aliphatic heterocycles. The largest absolute Gasteiger partial charge is 0.822 e. The van der Waals surface area contributed by atoms with E-state index in [0.717, 1.165) is 66.9 Å². The van der Waals surface area contributed by atoms with E-state index in [0.29, 0.717) is 19.8 Å². The number of hydrogen-bond donors (Lipinski definition) is 0. The number of aryl methyl sites for hydroxylation is 3. The molecule has 0 bridgehead atoms. The molecule has 3 atom stereocenters. The Hall–Kier alpha value is -3.73. The number of rotatable bonds is 42. The first-order valence-electron chi connectivity index (χ1n) is 32.3. The van der Waals surface area contributed by atoms with Crippen molar-refractivity contribution in [1.82, 2.24) is 13.7 Å². The third-order valence-corrected chi connectivity index (χ3v) is 18.5. The lowest BCUT2D eigenvalue weighted by Gasteiger charge is -2.36. The van der Waals surface area contributed by atoms with Gasteiger partial charge in [0.25, 0.3) is 0 Å². The number of ether oxygens (including phenoxy) is 3. The molecule has 494 valence electrons. The summed E-state index contributed by atoms with van der Waals surface area (Å²) in [5.41, 5.74) is 0. The molecular weight excluding hydrogens is 1260 g/mol. The Kier molecular flexibility index (Phi) is 45.4. The van der Waals surface area contributed by atoms with Crippen LogP contribution < -0.4 is 28.4 Å². The predicted molar refractivity (Wildman–Crippen MR) is 364 cm³/mol. The van der Waals surface area contributed by atoms with E-state index in [1.165, 1.54) is 154 Å². The number of aromatic nitrogens is 6. The zero-order chi connectivity index (χ0) is 64.6. The van der Waals surface area contributed by atoms with Crippen LogP contribution in [0.1, 0.15) is 229 Å². The van der Waals surface area contributed by atoms with Gasteiger partial charge in [0.15, 0.2) is 0 Å². The SMILES string of the molecule is CC#CCOC(C[n+]1ccn(CCCCCCCCCC)c1)c1ccc(Cl)s1.CC#CCOC(C[n+]1ccn(CCCCCCCCCC)c1)c1ccc(Cl)s1.CC#CCOC(C[n+]1ccn(CCCCCCCCCC)c1)c1ccc(Cl)s1.O=P([O-])([O-])[O-]. The Balaban J connectivity index is 0.000000335. The maximum absolute atomic E-state index is 8.55. The van der Waals surface area contributed by atoms with Gasteiger partial charge in [-0.2, -0.15) is 7.82 Å². The second-order valence-electron chi connectivity index (χ2n) is 22.0. The molecular formula is C69H102Cl3N6O7PS3. The topological polar surface area (TPSA) is 140 Å². The zero-order valence-electron chi connectivity index (χ0n) is 54.1. The summed E-state index contributed by atoms with van der Waals surface area (Å²) in [6, 6.07) is 11.9. The van der Waals surface area contributed by atoms with Gasteiger partial charge in [0.05, 0.1) is 32.6 Å². The molecule has 0 aromatic carbocycles. The van der Waals surface area contributed by atoms with Gasteiger partial charge < -0.3 is 33.5 Å². The molecule has 13 nitrogen and oxygen atoms in total. The number of phosphoric acid groups is 1. The minimum Gasteiger partial charge on any atom is -0.822 e. The van der Waals surface area contributed by atoms with Crippen molar-refractivity contribution in [1.29, 1.82) is 0 Å². The van der Waals surface area contributed by atoms with E-state index >= 15 is 0 Å². The fraction of sp³-hybridized carbons (Fsp3) is 0.609. The smallest absolute Gasteiger partial charge is 0.243 e. The fourth-order valence-corrected chi connectivity index (χ4v) is 13.0. The van der Waals surface area contributed by atoms with E-state index in [2.05, 4.69) is 158 Å². The molecule has 6 aromatic rings. The summed E-state index contributed by atoms with van der Waals surface area (Å²) in [5, 5.41) is 0. The molecule has 3 unspecified atom stereocenters. The number of nitrogens with zero attached hydrogens (tertiary/aromatic N) is 6. The molecule has 0 fully saturated rings. The molecule has 6 aromatic heterocycles. The molecule has 0 saturated heterocycles. The van der Waals surface area contributed by atoms with Crippen LogP contribution in [-0.2, 0) is 58.0 Å². The van der Waals surface area contributed by atoms with E-state index in [-0.39, 0.29) is 18.3 Å². The van der Waals surface area contributed by atoms with Crippen LogP contribution >= 0.6 is 76.6 Å². The summed E-state index contributed by atoms with van der Waals surface area (Å²) in [5.74, 6) is 17.6.